The maximum atomic E-state index is 12.4. The molecule has 23 heavy (non-hydrogen) atoms. The first-order chi connectivity index (χ1) is 11.3. The van der Waals surface area contributed by atoms with E-state index in [9.17, 15) is 4.79 Å². The molecule has 1 aromatic heterocycles. The fourth-order valence-corrected chi connectivity index (χ4v) is 3.28. The quantitative estimate of drug-likeness (QED) is 0.891. The van der Waals surface area contributed by atoms with Gasteiger partial charge in [0.05, 0.1) is 12.0 Å². The molecule has 4 nitrogen and oxygen atoms in total. The zero-order chi connectivity index (χ0) is 16.0. The second kappa shape index (κ2) is 7.47. The molecule has 1 aliphatic rings. The molecule has 3 rings (SSSR count). The third-order valence-corrected chi connectivity index (χ3v) is 4.64. The lowest BCUT2D eigenvalue weighted by molar-refractivity contribution is -0.124. The Morgan fingerprint density at radius 2 is 1.78 bits per heavy atom. The summed E-state index contributed by atoms with van der Waals surface area (Å²) in [6, 6.07) is 14.3. The third kappa shape index (κ3) is 4.02. The van der Waals surface area contributed by atoms with Crippen molar-refractivity contribution in [3.8, 4) is 0 Å². The molecule has 0 saturated carbocycles. The maximum Gasteiger partial charge on any atom is 0.222 e. The molecule has 1 fully saturated rings. The topological polar surface area (TPSA) is 43.3 Å². The molecule has 4 heteroatoms. The van der Waals surface area contributed by atoms with Gasteiger partial charge in [-0.25, -0.2) is 0 Å². The number of nitrogens with zero attached hydrogens (tertiary/aromatic N) is 1. The van der Waals surface area contributed by atoms with Gasteiger partial charge < -0.3 is 14.6 Å². The van der Waals surface area contributed by atoms with Crippen LogP contribution in [-0.4, -0.2) is 30.2 Å². The Hall–Kier alpha value is -2.07. The van der Waals surface area contributed by atoms with Crippen LogP contribution < -0.4 is 5.32 Å². The highest BCUT2D eigenvalue weighted by atomic mass is 16.5. The van der Waals surface area contributed by atoms with Gasteiger partial charge >= 0.3 is 0 Å². The van der Waals surface area contributed by atoms with Crippen molar-refractivity contribution in [3.05, 3.63) is 60.4 Å². The minimum Gasteiger partial charge on any atom is -0.381 e. The fourth-order valence-electron chi connectivity index (χ4n) is 3.28. The minimum absolute atomic E-state index is 0.122. The van der Waals surface area contributed by atoms with Crippen molar-refractivity contribution >= 4 is 5.91 Å². The number of carbonyl (C=O) groups is 1. The smallest absolute Gasteiger partial charge is 0.222 e. The molecular weight excluding hydrogens is 288 g/mol. The van der Waals surface area contributed by atoms with E-state index in [1.54, 1.807) is 0 Å². The van der Waals surface area contributed by atoms with Gasteiger partial charge in [0.25, 0.3) is 0 Å². The van der Waals surface area contributed by atoms with Crippen molar-refractivity contribution in [1.82, 2.24) is 9.88 Å². The van der Waals surface area contributed by atoms with E-state index in [1.807, 2.05) is 30.3 Å². The maximum absolute atomic E-state index is 12.4. The molecular formula is C19H24N2O2. The summed E-state index contributed by atoms with van der Waals surface area (Å²) in [6.07, 6.45) is 7.26. The van der Waals surface area contributed by atoms with Crippen molar-refractivity contribution in [3.63, 3.8) is 0 Å². The zero-order valence-corrected chi connectivity index (χ0v) is 13.4. The number of carbonyl (C=O) groups excluding carboxylic acids is 1. The molecule has 0 bridgehead atoms. The summed E-state index contributed by atoms with van der Waals surface area (Å²) < 4.78 is 7.69. The monoisotopic (exact) mass is 312 g/mol. The molecule has 2 aromatic rings. The Labute approximate surface area is 137 Å². The molecule has 1 aromatic carbocycles. The second-order valence-corrected chi connectivity index (χ2v) is 6.19. The Balaban J connectivity index is 1.56. The first-order valence-corrected chi connectivity index (χ1v) is 8.30. The first kappa shape index (κ1) is 15.8. The Bertz CT molecular complexity index is 602. The SMILES string of the molecule is O=C(CC1(n2cccc2)CCOCC1)NCCc1ccccc1. The summed E-state index contributed by atoms with van der Waals surface area (Å²) in [4.78, 5) is 12.4. The van der Waals surface area contributed by atoms with Crippen molar-refractivity contribution in [2.45, 2.75) is 31.2 Å². The van der Waals surface area contributed by atoms with Gasteiger partial charge in [-0.15, -0.1) is 0 Å². The van der Waals surface area contributed by atoms with Crippen molar-refractivity contribution in [2.75, 3.05) is 19.8 Å². The van der Waals surface area contributed by atoms with Crippen LogP contribution in [0.15, 0.2) is 54.9 Å². The lowest BCUT2D eigenvalue weighted by atomic mass is 9.86. The first-order valence-electron chi connectivity index (χ1n) is 8.30. The normalized spacial score (nSPS) is 16.9. The Kier molecular flexibility index (Phi) is 5.13. The van der Waals surface area contributed by atoms with Crippen molar-refractivity contribution in [1.29, 1.82) is 0 Å². The molecule has 122 valence electrons. The van der Waals surface area contributed by atoms with Gasteiger partial charge in [-0.2, -0.15) is 0 Å². The summed E-state index contributed by atoms with van der Waals surface area (Å²) in [5, 5.41) is 3.07. The average molecular weight is 312 g/mol. The fraction of sp³-hybridized carbons (Fsp3) is 0.421. The molecule has 1 aliphatic heterocycles. The van der Waals surface area contributed by atoms with E-state index in [0.717, 1.165) is 32.5 Å². The number of amides is 1. The molecule has 1 N–H and O–H groups in total. The minimum atomic E-state index is -0.140. The summed E-state index contributed by atoms with van der Waals surface area (Å²) >= 11 is 0. The number of rotatable bonds is 6. The largest absolute Gasteiger partial charge is 0.381 e. The number of hydrogen-bond acceptors (Lipinski definition) is 2. The number of aromatic nitrogens is 1. The summed E-state index contributed by atoms with van der Waals surface area (Å²) in [6.45, 7) is 2.12. The van der Waals surface area contributed by atoms with Gasteiger partial charge in [0.1, 0.15) is 0 Å². The second-order valence-electron chi connectivity index (χ2n) is 6.19. The highest BCUT2D eigenvalue weighted by Gasteiger charge is 2.35. The van der Waals surface area contributed by atoms with E-state index in [0.29, 0.717) is 13.0 Å². The number of benzene rings is 1. The van der Waals surface area contributed by atoms with Gasteiger partial charge in [0.2, 0.25) is 5.91 Å². The molecule has 1 saturated heterocycles. The van der Waals surface area contributed by atoms with Gasteiger partial charge in [0, 0.05) is 32.2 Å². The number of nitrogens with one attached hydrogen (secondary N) is 1. The van der Waals surface area contributed by atoms with Crippen LogP contribution in [0.4, 0.5) is 0 Å². The lowest BCUT2D eigenvalue weighted by Gasteiger charge is -2.38. The molecule has 0 unspecified atom stereocenters. The van der Waals surface area contributed by atoms with Crippen molar-refractivity contribution < 1.29 is 9.53 Å². The van der Waals surface area contributed by atoms with E-state index < -0.39 is 0 Å². The highest BCUT2D eigenvalue weighted by Crippen LogP contribution is 2.32. The summed E-state index contributed by atoms with van der Waals surface area (Å²) in [5.41, 5.74) is 1.11. The zero-order valence-electron chi connectivity index (χ0n) is 13.4. The predicted octanol–water partition coefficient (Wildman–Crippen LogP) is 2.74. The van der Waals surface area contributed by atoms with E-state index in [2.05, 4.69) is 34.4 Å². The van der Waals surface area contributed by atoms with Crippen LogP contribution in [0, 0.1) is 0 Å². The van der Waals surface area contributed by atoms with E-state index in [4.69, 9.17) is 4.74 Å². The predicted molar refractivity (Wildman–Crippen MR) is 90.2 cm³/mol. The Morgan fingerprint density at radius 1 is 1.09 bits per heavy atom. The standard InChI is InChI=1S/C19H24N2O2/c22-18(20-11-8-17-6-2-1-3-7-17)16-19(9-14-23-15-10-19)21-12-4-5-13-21/h1-7,12-13H,8-11,14-16H2,(H,20,22). The van der Waals surface area contributed by atoms with Crippen LogP contribution in [-0.2, 0) is 21.5 Å². The molecule has 1 amide bonds. The van der Waals surface area contributed by atoms with Crippen LogP contribution >= 0.6 is 0 Å². The van der Waals surface area contributed by atoms with Gasteiger partial charge in [0.15, 0.2) is 0 Å². The summed E-state index contributed by atoms with van der Waals surface area (Å²) in [5.74, 6) is 0.122. The number of ether oxygens (including phenoxy) is 1. The van der Waals surface area contributed by atoms with Crippen LogP contribution in [0.1, 0.15) is 24.8 Å². The highest BCUT2D eigenvalue weighted by molar-refractivity contribution is 5.77. The third-order valence-electron chi connectivity index (χ3n) is 4.64. The Morgan fingerprint density at radius 3 is 2.48 bits per heavy atom. The van der Waals surface area contributed by atoms with Crippen LogP contribution in [0.5, 0.6) is 0 Å². The van der Waals surface area contributed by atoms with Crippen molar-refractivity contribution in [2.24, 2.45) is 0 Å². The van der Waals surface area contributed by atoms with Crippen LogP contribution in [0.25, 0.3) is 0 Å². The van der Waals surface area contributed by atoms with Crippen LogP contribution in [0.3, 0.4) is 0 Å². The molecule has 0 atom stereocenters. The summed E-state index contributed by atoms with van der Waals surface area (Å²) in [7, 11) is 0. The van der Waals surface area contributed by atoms with Gasteiger partial charge in [-0.1, -0.05) is 30.3 Å². The van der Waals surface area contributed by atoms with Crippen LogP contribution in [0.2, 0.25) is 0 Å². The average Bonchev–Trinajstić information content (AvgIpc) is 3.12. The molecule has 0 aliphatic carbocycles. The number of hydrogen-bond donors (Lipinski definition) is 1. The van der Waals surface area contributed by atoms with Gasteiger partial charge in [-0.3, -0.25) is 4.79 Å². The molecule has 2 heterocycles. The van der Waals surface area contributed by atoms with E-state index >= 15 is 0 Å². The van der Waals surface area contributed by atoms with E-state index in [1.165, 1.54) is 5.56 Å². The van der Waals surface area contributed by atoms with E-state index in [-0.39, 0.29) is 11.4 Å². The molecule has 0 radical (unpaired) electrons. The lowest BCUT2D eigenvalue weighted by Crippen LogP contribution is -2.43. The van der Waals surface area contributed by atoms with Gasteiger partial charge in [-0.05, 0) is 37.0 Å². The molecule has 0 spiro atoms.